The molecule has 0 aliphatic rings. The fourth-order valence-electron chi connectivity index (χ4n) is 2.12. The lowest BCUT2D eigenvalue weighted by molar-refractivity contribution is 0.601. The Balaban J connectivity index is 2.02. The molecule has 0 atom stereocenters. The molecule has 0 radical (unpaired) electrons. The van der Waals surface area contributed by atoms with Crippen molar-refractivity contribution in [2.24, 2.45) is 0 Å². The van der Waals surface area contributed by atoms with Gasteiger partial charge in [0.2, 0.25) is 0 Å². The first-order valence-corrected chi connectivity index (χ1v) is 8.67. The molecule has 0 heterocycles. The largest absolute Gasteiger partial charge is 0.278 e. The minimum atomic E-state index is -3.74. The molecule has 3 aromatic carbocycles. The summed E-state index contributed by atoms with van der Waals surface area (Å²) in [6.45, 7) is 0. The third-order valence-corrected chi connectivity index (χ3v) is 5.41. The minimum Gasteiger partial charge on any atom is -0.278 e. The van der Waals surface area contributed by atoms with Crippen LogP contribution in [0.5, 0.6) is 0 Å². The average Bonchev–Trinajstić information content (AvgIpc) is 2.51. The van der Waals surface area contributed by atoms with Crippen LogP contribution in [0.25, 0.3) is 10.8 Å². The number of halogens is 2. The van der Waals surface area contributed by atoms with E-state index in [2.05, 4.69) is 4.72 Å². The van der Waals surface area contributed by atoms with Crippen LogP contribution in [0.15, 0.2) is 65.6 Å². The van der Waals surface area contributed by atoms with Crippen LogP contribution < -0.4 is 4.72 Å². The van der Waals surface area contributed by atoms with E-state index in [1.807, 2.05) is 24.3 Å². The SMILES string of the molecule is O=S(=O)(Nc1cccc(Cl)c1Cl)c1ccc2ccccc2c1. The summed E-state index contributed by atoms with van der Waals surface area (Å²) < 4.78 is 27.5. The first-order valence-electron chi connectivity index (χ1n) is 6.43. The summed E-state index contributed by atoms with van der Waals surface area (Å²) in [5.41, 5.74) is 0.252. The monoisotopic (exact) mass is 351 g/mol. The van der Waals surface area contributed by atoms with Gasteiger partial charge in [-0.05, 0) is 35.0 Å². The van der Waals surface area contributed by atoms with Crippen molar-refractivity contribution in [1.29, 1.82) is 0 Å². The second-order valence-electron chi connectivity index (χ2n) is 4.72. The van der Waals surface area contributed by atoms with Gasteiger partial charge in [-0.25, -0.2) is 8.42 Å². The van der Waals surface area contributed by atoms with Crippen molar-refractivity contribution in [3.63, 3.8) is 0 Å². The van der Waals surface area contributed by atoms with Crippen LogP contribution in [-0.4, -0.2) is 8.42 Å². The molecule has 3 rings (SSSR count). The van der Waals surface area contributed by atoms with Gasteiger partial charge in [-0.1, -0.05) is 59.6 Å². The average molecular weight is 352 g/mol. The van der Waals surface area contributed by atoms with Gasteiger partial charge in [0, 0.05) is 0 Å². The molecule has 0 amide bonds. The highest BCUT2D eigenvalue weighted by atomic mass is 35.5. The Kier molecular flexibility index (Phi) is 4.00. The van der Waals surface area contributed by atoms with Crippen LogP contribution in [0.3, 0.4) is 0 Å². The zero-order chi connectivity index (χ0) is 15.7. The van der Waals surface area contributed by atoms with E-state index in [1.165, 1.54) is 0 Å². The molecule has 3 aromatic rings. The van der Waals surface area contributed by atoms with Gasteiger partial charge in [-0.3, -0.25) is 4.72 Å². The fraction of sp³-hybridized carbons (Fsp3) is 0. The van der Waals surface area contributed by atoms with Crippen molar-refractivity contribution < 1.29 is 8.42 Å². The summed E-state index contributed by atoms with van der Waals surface area (Å²) in [6, 6.07) is 17.3. The quantitative estimate of drug-likeness (QED) is 0.725. The Hall–Kier alpha value is -1.75. The Morgan fingerprint density at radius 3 is 2.32 bits per heavy atom. The van der Waals surface area contributed by atoms with E-state index in [9.17, 15) is 8.42 Å². The number of rotatable bonds is 3. The van der Waals surface area contributed by atoms with Crippen molar-refractivity contribution in [2.45, 2.75) is 4.90 Å². The summed E-state index contributed by atoms with van der Waals surface area (Å²) in [5.74, 6) is 0. The van der Waals surface area contributed by atoms with Gasteiger partial charge in [-0.15, -0.1) is 0 Å². The molecule has 0 unspecified atom stereocenters. The highest BCUT2D eigenvalue weighted by molar-refractivity contribution is 7.92. The molecule has 0 bridgehead atoms. The first-order chi connectivity index (χ1) is 10.5. The van der Waals surface area contributed by atoms with Crippen molar-refractivity contribution in [2.75, 3.05) is 4.72 Å². The van der Waals surface area contributed by atoms with Gasteiger partial charge in [0.15, 0.2) is 0 Å². The Morgan fingerprint density at radius 2 is 1.55 bits per heavy atom. The fourth-order valence-corrected chi connectivity index (χ4v) is 3.63. The Labute approximate surface area is 138 Å². The minimum absolute atomic E-state index is 0.169. The second-order valence-corrected chi connectivity index (χ2v) is 7.18. The summed E-state index contributed by atoms with van der Waals surface area (Å²) in [4.78, 5) is 0.169. The molecule has 0 saturated heterocycles. The molecule has 3 nitrogen and oxygen atoms in total. The molecule has 0 saturated carbocycles. The highest BCUT2D eigenvalue weighted by Crippen LogP contribution is 2.31. The Bertz CT molecular complexity index is 955. The maximum absolute atomic E-state index is 12.5. The van der Waals surface area contributed by atoms with Crippen LogP contribution in [0.4, 0.5) is 5.69 Å². The summed E-state index contributed by atoms with van der Waals surface area (Å²) in [7, 11) is -3.74. The van der Waals surface area contributed by atoms with Gasteiger partial charge in [-0.2, -0.15) is 0 Å². The molecule has 6 heteroatoms. The maximum Gasteiger partial charge on any atom is 0.261 e. The predicted molar refractivity (Wildman–Crippen MR) is 91.2 cm³/mol. The normalized spacial score (nSPS) is 11.5. The standard InChI is InChI=1S/C16H11Cl2NO2S/c17-14-6-3-7-15(16(14)18)19-22(20,21)13-9-8-11-4-1-2-5-12(11)10-13/h1-10,19H. The third kappa shape index (κ3) is 2.90. The molecule has 22 heavy (non-hydrogen) atoms. The second kappa shape index (κ2) is 5.80. The van der Waals surface area contributed by atoms with E-state index < -0.39 is 10.0 Å². The number of hydrogen-bond donors (Lipinski definition) is 1. The summed E-state index contributed by atoms with van der Waals surface area (Å²) >= 11 is 11.9. The summed E-state index contributed by atoms with van der Waals surface area (Å²) in [6.07, 6.45) is 0. The molecule has 0 aliphatic carbocycles. The highest BCUT2D eigenvalue weighted by Gasteiger charge is 2.17. The van der Waals surface area contributed by atoms with Gasteiger partial charge in [0.05, 0.1) is 20.6 Å². The van der Waals surface area contributed by atoms with E-state index in [1.54, 1.807) is 36.4 Å². The van der Waals surface area contributed by atoms with Crippen LogP contribution in [-0.2, 0) is 10.0 Å². The topological polar surface area (TPSA) is 46.2 Å². The molecule has 0 spiro atoms. The first kappa shape index (κ1) is 15.2. The van der Waals surface area contributed by atoms with E-state index in [0.29, 0.717) is 5.02 Å². The van der Waals surface area contributed by atoms with Gasteiger partial charge in [0.1, 0.15) is 0 Å². The molecule has 0 fully saturated rings. The number of fused-ring (bicyclic) bond motifs is 1. The molecule has 0 aliphatic heterocycles. The zero-order valence-electron chi connectivity index (χ0n) is 11.3. The Morgan fingerprint density at radius 1 is 0.818 bits per heavy atom. The number of anilines is 1. The van der Waals surface area contributed by atoms with Gasteiger partial charge < -0.3 is 0 Å². The molecular formula is C16H11Cl2NO2S. The van der Waals surface area contributed by atoms with Crippen LogP contribution in [0.2, 0.25) is 10.0 Å². The smallest absolute Gasteiger partial charge is 0.261 e. The number of benzene rings is 3. The summed E-state index contributed by atoms with van der Waals surface area (Å²) in [5, 5.41) is 2.29. The lowest BCUT2D eigenvalue weighted by Crippen LogP contribution is -2.13. The molecule has 0 aromatic heterocycles. The van der Waals surface area contributed by atoms with Crippen molar-refractivity contribution in [3.05, 3.63) is 70.7 Å². The number of hydrogen-bond acceptors (Lipinski definition) is 2. The third-order valence-electron chi connectivity index (χ3n) is 3.23. The van der Waals surface area contributed by atoms with Crippen molar-refractivity contribution in [3.8, 4) is 0 Å². The van der Waals surface area contributed by atoms with Crippen LogP contribution in [0.1, 0.15) is 0 Å². The molecular weight excluding hydrogens is 341 g/mol. The predicted octanol–water partition coefficient (Wildman–Crippen LogP) is 4.95. The van der Waals surface area contributed by atoms with Gasteiger partial charge in [0.25, 0.3) is 10.0 Å². The molecule has 1 N–H and O–H groups in total. The van der Waals surface area contributed by atoms with E-state index >= 15 is 0 Å². The van der Waals surface area contributed by atoms with Crippen LogP contribution >= 0.6 is 23.2 Å². The van der Waals surface area contributed by atoms with E-state index in [0.717, 1.165) is 10.8 Å². The lowest BCUT2D eigenvalue weighted by Gasteiger charge is -2.11. The maximum atomic E-state index is 12.5. The number of nitrogens with one attached hydrogen (secondary N) is 1. The van der Waals surface area contributed by atoms with Crippen molar-refractivity contribution in [1.82, 2.24) is 0 Å². The zero-order valence-corrected chi connectivity index (χ0v) is 13.6. The van der Waals surface area contributed by atoms with E-state index in [-0.39, 0.29) is 15.6 Å². The lowest BCUT2D eigenvalue weighted by atomic mass is 10.1. The number of sulfonamides is 1. The van der Waals surface area contributed by atoms with Crippen molar-refractivity contribution >= 4 is 49.7 Å². The van der Waals surface area contributed by atoms with E-state index in [4.69, 9.17) is 23.2 Å². The van der Waals surface area contributed by atoms with Gasteiger partial charge >= 0.3 is 0 Å². The van der Waals surface area contributed by atoms with Crippen LogP contribution in [0, 0.1) is 0 Å². The molecule has 112 valence electrons.